The van der Waals surface area contributed by atoms with E-state index in [-0.39, 0.29) is 17.8 Å². The summed E-state index contributed by atoms with van der Waals surface area (Å²) < 4.78 is 21.0. The molecular formula is C20H14FN3O2. The molecule has 2 heterocycles. The van der Waals surface area contributed by atoms with Crippen molar-refractivity contribution in [1.82, 2.24) is 14.5 Å². The molecule has 0 aliphatic rings. The first-order valence-corrected chi connectivity index (χ1v) is 8.00. The van der Waals surface area contributed by atoms with E-state index in [1.807, 2.05) is 35.0 Å². The predicted octanol–water partition coefficient (Wildman–Crippen LogP) is 3.92. The molecule has 0 unspecified atom stereocenters. The third-order valence-electron chi connectivity index (χ3n) is 3.99. The van der Waals surface area contributed by atoms with Crippen LogP contribution in [0.5, 0.6) is 0 Å². The standard InChI is InChI=1S/C20H14FN3O2/c21-17-3-1-2-15-6-9-18(23-19(15)17)20(25)26-12-14-4-7-16(8-5-14)24-11-10-22-13-24/h1-11,13H,12H2. The number of carbonyl (C=O) groups is 1. The third-order valence-corrected chi connectivity index (χ3v) is 3.99. The van der Waals surface area contributed by atoms with Crippen LogP contribution in [0.4, 0.5) is 4.39 Å². The molecule has 0 fully saturated rings. The first kappa shape index (κ1) is 16.0. The van der Waals surface area contributed by atoms with Crippen molar-refractivity contribution in [2.45, 2.75) is 6.61 Å². The van der Waals surface area contributed by atoms with Crippen molar-refractivity contribution in [3.63, 3.8) is 0 Å². The van der Waals surface area contributed by atoms with Crippen LogP contribution in [0.1, 0.15) is 16.1 Å². The Bertz CT molecular complexity index is 1060. The molecular weight excluding hydrogens is 333 g/mol. The van der Waals surface area contributed by atoms with Gasteiger partial charge in [0, 0.05) is 23.5 Å². The summed E-state index contributed by atoms with van der Waals surface area (Å²) in [6, 6.07) is 15.4. The number of fused-ring (bicyclic) bond motifs is 1. The number of pyridine rings is 1. The molecule has 0 aliphatic heterocycles. The number of imidazole rings is 1. The van der Waals surface area contributed by atoms with Crippen LogP contribution in [0.3, 0.4) is 0 Å². The Morgan fingerprint density at radius 3 is 2.69 bits per heavy atom. The lowest BCUT2D eigenvalue weighted by Gasteiger charge is -2.07. The number of rotatable bonds is 4. The maximum Gasteiger partial charge on any atom is 0.357 e. The molecule has 4 rings (SSSR count). The minimum absolute atomic E-state index is 0.0811. The lowest BCUT2D eigenvalue weighted by Crippen LogP contribution is -2.08. The summed E-state index contributed by atoms with van der Waals surface area (Å²) in [5.74, 6) is -1.05. The molecule has 0 amide bonds. The van der Waals surface area contributed by atoms with Crippen molar-refractivity contribution >= 4 is 16.9 Å². The Kier molecular flexibility index (Phi) is 4.15. The van der Waals surface area contributed by atoms with Crippen molar-refractivity contribution < 1.29 is 13.9 Å². The van der Waals surface area contributed by atoms with Gasteiger partial charge in [-0.15, -0.1) is 0 Å². The van der Waals surface area contributed by atoms with Crippen LogP contribution < -0.4 is 0 Å². The first-order valence-electron chi connectivity index (χ1n) is 8.00. The predicted molar refractivity (Wildman–Crippen MR) is 94.4 cm³/mol. The monoisotopic (exact) mass is 347 g/mol. The largest absolute Gasteiger partial charge is 0.456 e. The smallest absolute Gasteiger partial charge is 0.357 e. The Morgan fingerprint density at radius 1 is 1.08 bits per heavy atom. The van der Waals surface area contributed by atoms with Crippen molar-refractivity contribution in [2.75, 3.05) is 0 Å². The number of hydrogen-bond donors (Lipinski definition) is 0. The summed E-state index contributed by atoms with van der Waals surface area (Å²) in [7, 11) is 0. The molecule has 26 heavy (non-hydrogen) atoms. The molecule has 0 saturated heterocycles. The van der Waals surface area contributed by atoms with Gasteiger partial charge in [-0.05, 0) is 29.8 Å². The molecule has 2 aromatic carbocycles. The Balaban J connectivity index is 1.46. The molecule has 0 atom stereocenters. The second kappa shape index (κ2) is 6.76. The summed E-state index contributed by atoms with van der Waals surface area (Å²) in [5.41, 5.74) is 2.04. The van der Waals surface area contributed by atoms with E-state index in [0.29, 0.717) is 5.39 Å². The van der Waals surface area contributed by atoms with E-state index in [0.717, 1.165) is 11.3 Å². The fraction of sp³-hybridized carbons (Fsp3) is 0.0500. The molecule has 0 spiro atoms. The van der Waals surface area contributed by atoms with E-state index in [1.165, 1.54) is 12.1 Å². The molecule has 0 N–H and O–H groups in total. The highest BCUT2D eigenvalue weighted by Crippen LogP contribution is 2.17. The van der Waals surface area contributed by atoms with Gasteiger partial charge in [0.25, 0.3) is 0 Å². The summed E-state index contributed by atoms with van der Waals surface area (Å²) in [6.45, 7) is 0.111. The van der Waals surface area contributed by atoms with E-state index < -0.39 is 11.8 Å². The van der Waals surface area contributed by atoms with Crippen molar-refractivity contribution in [3.05, 3.63) is 90.4 Å². The number of nitrogens with zero attached hydrogens (tertiary/aromatic N) is 3. The number of esters is 1. The Hall–Kier alpha value is -3.54. The quantitative estimate of drug-likeness (QED) is 0.525. The van der Waals surface area contributed by atoms with E-state index >= 15 is 0 Å². The van der Waals surface area contributed by atoms with Crippen molar-refractivity contribution in [2.24, 2.45) is 0 Å². The maximum atomic E-state index is 13.8. The average Bonchev–Trinajstić information content (AvgIpc) is 3.21. The molecule has 6 heteroatoms. The molecule has 2 aromatic heterocycles. The van der Waals surface area contributed by atoms with Crippen LogP contribution in [0.25, 0.3) is 16.6 Å². The van der Waals surface area contributed by atoms with Crippen LogP contribution in [0.15, 0.2) is 73.3 Å². The molecule has 0 radical (unpaired) electrons. The van der Waals surface area contributed by atoms with E-state index in [9.17, 15) is 9.18 Å². The summed E-state index contributed by atoms with van der Waals surface area (Å²) in [4.78, 5) is 20.3. The molecule has 4 aromatic rings. The minimum atomic E-state index is -0.589. The number of halogens is 1. The average molecular weight is 347 g/mol. The molecule has 5 nitrogen and oxygen atoms in total. The van der Waals surface area contributed by atoms with Crippen LogP contribution >= 0.6 is 0 Å². The number of ether oxygens (including phenoxy) is 1. The second-order valence-electron chi connectivity index (χ2n) is 5.72. The van der Waals surface area contributed by atoms with Crippen molar-refractivity contribution in [1.29, 1.82) is 0 Å². The summed E-state index contributed by atoms with van der Waals surface area (Å²) in [6.07, 6.45) is 5.26. The number of carbonyl (C=O) groups excluding carboxylic acids is 1. The van der Waals surface area contributed by atoms with Gasteiger partial charge >= 0.3 is 5.97 Å². The van der Waals surface area contributed by atoms with E-state index in [4.69, 9.17) is 4.74 Å². The first-order chi connectivity index (χ1) is 12.7. The van der Waals surface area contributed by atoms with Gasteiger partial charge in [0.15, 0.2) is 0 Å². The summed E-state index contributed by atoms with van der Waals surface area (Å²) >= 11 is 0. The molecule has 0 aliphatic carbocycles. The van der Waals surface area contributed by atoms with Crippen LogP contribution in [0, 0.1) is 5.82 Å². The van der Waals surface area contributed by atoms with E-state index in [1.54, 1.807) is 30.7 Å². The van der Waals surface area contributed by atoms with Gasteiger partial charge in [-0.25, -0.2) is 19.2 Å². The highest BCUT2D eigenvalue weighted by atomic mass is 19.1. The highest BCUT2D eigenvalue weighted by Gasteiger charge is 2.12. The zero-order valence-electron chi connectivity index (χ0n) is 13.7. The zero-order valence-corrected chi connectivity index (χ0v) is 13.7. The number of para-hydroxylation sites is 1. The fourth-order valence-corrected chi connectivity index (χ4v) is 2.62. The number of aromatic nitrogens is 3. The van der Waals surface area contributed by atoms with Gasteiger partial charge in [0.05, 0.1) is 6.33 Å². The molecule has 128 valence electrons. The van der Waals surface area contributed by atoms with Gasteiger partial charge in [-0.1, -0.05) is 30.3 Å². The molecule has 0 saturated carbocycles. The number of benzene rings is 2. The lowest BCUT2D eigenvalue weighted by molar-refractivity contribution is 0.0466. The maximum absolute atomic E-state index is 13.8. The minimum Gasteiger partial charge on any atom is -0.456 e. The number of hydrogen-bond acceptors (Lipinski definition) is 4. The van der Waals surface area contributed by atoms with Gasteiger partial charge in [0.1, 0.15) is 23.6 Å². The highest BCUT2D eigenvalue weighted by molar-refractivity contribution is 5.91. The van der Waals surface area contributed by atoms with Gasteiger partial charge in [-0.2, -0.15) is 0 Å². The Morgan fingerprint density at radius 2 is 1.92 bits per heavy atom. The lowest BCUT2D eigenvalue weighted by atomic mass is 10.2. The van der Waals surface area contributed by atoms with Crippen molar-refractivity contribution in [3.8, 4) is 5.69 Å². The third kappa shape index (κ3) is 3.17. The normalized spacial score (nSPS) is 10.8. The van der Waals surface area contributed by atoms with Gasteiger partial charge in [0.2, 0.25) is 0 Å². The van der Waals surface area contributed by atoms with E-state index in [2.05, 4.69) is 9.97 Å². The summed E-state index contributed by atoms with van der Waals surface area (Å²) in [5, 5.41) is 0.636. The Labute approximate surface area is 148 Å². The fourth-order valence-electron chi connectivity index (χ4n) is 2.62. The van der Waals surface area contributed by atoms with Crippen LogP contribution in [0.2, 0.25) is 0 Å². The zero-order chi connectivity index (χ0) is 17.9. The van der Waals surface area contributed by atoms with Gasteiger partial charge < -0.3 is 9.30 Å². The topological polar surface area (TPSA) is 57.0 Å². The van der Waals surface area contributed by atoms with Gasteiger partial charge in [-0.3, -0.25) is 0 Å². The van der Waals surface area contributed by atoms with Crippen LogP contribution in [-0.2, 0) is 11.3 Å². The second-order valence-corrected chi connectivity index (χ2v) is 5.72. The SMILES string of the molecule is O=C(OCc1ccc(-n2ccnc2)cc1)c1ccc2cccc(F)c2n1. The molecule has 0 bridgehead atoms. The van der Waals surface area contributed by atoms with Crippen LogP contribution in [-0.4, -0.2) is 20.5 Å².